The molecule has 1 unspecified atom stereocenters. The van der Waals surface area contributed by atoms with Gasteiger partial charge in [-0.1, -0.05) is 11.6 Å². The molecule has 1 heterocycles. The minimum absolute atomic E-state index is 0.268. The van der Waals surface area contributed by atoms with E-state index in [9.17, 15) is 14.7 Å². The fraction of sp³-hybridized carbons (Fsp3) is 0.385. The van der Waals surface area contributed by atoms with Crippen molar-refractivity contribution in [3.63, 3.8) is 0 Å². The van der Waals surface area contributed by atoms with Crippen LogP contribution in [-0.2, 0) is 4.79 Å². The topological polar surface area (TPSA) is 57.6 Å². The van der Waals surface area contributed by atoms with E-state index >= 15 is 0 Å². The van der Waals surface area contributed by atoms with Crippen molar-refractivity contribution in [1.82, 2.24) is 4.90 Å². The number of benzene rings is 1. The molecule has 1 aromatic carbocycles. The number of carbonyl (C=O) groups excluding carboxylic acids is 1. The van der Waals surface area contributed by atoms with Crippen molar-refractivity contribution in [3.05, 3.63) is 33.3 Å². The molecule has 0 bridgehead atoms. The molecule has 0 aliphatic carbocycles. The summed E-state index contributed by atoms with van der Waals surface area (Å²) in [6, 6.07) is 4.14. The van der Waals surface area contributed by atoms with Crippen LogP contribution in [0.5, 0.6) is 0 Å². The monoisotopic (exact) mass is 345 g/mol. The molecule has 1 fully saturated rings. The van der Waals surface area contributed by atoms with Gasteiger partial charge in [0.15, 0.2) is 0 Å². The minimum Gasteiger partial charge on any atom is -0.480 e. The molecule has 102 valence electrons. The SMILES string of the molecule is O=C(O)C1CCCCN1C(=O)c1ccc(Cl)cc1Br. The predicted octanol–water partition coefficient (Wildman–Crippen LogP) is 3.18. The summed E-state index contributed by atoms with van der Waals surface area (Å²) in [6.45, 7) is 0.477. The molecule has 0 spiro atoms. The first kappa shape index (κ1) is 14.3. The number of hydrogen-bond donors (Lipinski definition) is 1. The number of piperidine rings is 1. The first-order valence-corrected chi connectivity index (χ1v) is 7.16. The number of halogens is 2. The normalized spacial score (nSPS) is 19.3. The largest absolute Gasteiger partial charge is 0.480 e. The Morgan fingerprint density at radius 1 is 1.37 bits per heavy atom. The summed E-state index contributed by atoms with van der Waals surface area (Å²) in [7, 11) is 0. The zero-order valence-corrected chi connectivity index (χ0v) is 12.4. The molecule has 1 saturated heterocycles. The minimum atomic E-state index is -0.946. The molecule has 0 aromatic heterocycles. The van der Waals surface area contributed by atoms with E-state index in [0.717, 1.165) is 12.8 Å². The molecule has 1 N–H and O–H groups in total. The lowest BCUT2D eigenvalue weighted by Crippen LogP contribution is -2.48. The molecule has 2 rings (SSSR count). The summed E-state index contributed by atoms with van der Waals surface area (Å²) in [5.74, 6) is -1.21. The van der Waals surface area contributed by atoms with Crippen molar-refractivity contribution in [2.75, 3.05) is 6.54 Å². The number of rotatable bonds is 2. The highest BCUT2D eigenvalue weighted by molar-refractivity contribution is 9.10. The standard InChI is InChI=1S/C13H13BrClNO3/c14-10-7-8(15)4-5-9(10)12(17)16-6-2-1-3-11(16)13(18)19/h4-5,7,11H,1-3,6H2,(H,18,19). The van der Waals surface area contributed by atoms with Gasteiger partial charge in [-0.25, -0.2) is 4.79 Å². The first-order valence-electron chi connectivity index (χ1n) is 5.99. The number of likely N-dealkylation sites (tertiary alicyclic amines) is 1. The molecule has 1 amide bonds. The number of carboxylic acids is 1. The van der Waals surface area contributed by atoms with Crippen LogP contribution in [-0.4, -0.2) is 34.5 Å². The lowest BCUT2D eigenvalue weighted by molar-refractivity contribution is -0.143. The van der Waals surface area contributed by atoms with Gasteiger partial charge < -0.3 is 10.0 Å². The Kier molecular flexibility index (Phi) is 4.47. The highest BCUT2D eigenvalue weighted by Gasteiger charge is 2.33. The van der Waals surface area contributed by atoms with E-state index < -0.39 is 12.0 Å². The lowest BCUT2D eigenvalue weighted by Gasteiger charge is -2.33. The Bertz CT molecular complexity index is 521. The van der Waals surface area contributed by atoms with Crippen LogP contribution in [0, 0.1) is 0 Å². The Morgan fingerprint density at radius 3 is 2.74 bits per heavy atom. The predicted molar refractivity (Wildman–Crippen MR) is 75.5 cm³/mol. The Balaban J connectivity index is 2.28. The van der Waals surface area contributed by atoms with Crippen LogP contribution in [0.25, 0.3) is 0 Å². The summed E-state index contributed by atoms with van der Waals surface area (Å²) in [4.78, 5) is 25.1. The average molecular weight is 347 g/mol. The van der Waals surface area contributed by atoms with Gasteiger partial charge in [-0.15, -0.1) is 0 Å². The van der Waals surface area contributed by atoms with Gasteiger partial charge in [0.05, 0.1) is 5.56 Å². The fourth-order valence-electron chi connectivity index (χ4n) is 2.25. The molecule has 6 heteroatoms. The second-order valence-electron chi connectivity index (χ2n) is 4.47. The first-order chi connectivity index (χ1) is 9.00. The Hall–Kier alpha value is -1.07. The average Bonchev–Trinajstić information content (AvgIpc) is 2.38. The van der Waals surface area contributed by atoms with Crippen molar-refractivity contribution in [2.45, 2.75) is 25.3 Å². The van der Waals surface area contributed by atoms with E-state index in [4.69, 9.17) is 11.6 Å². The van der Waals surface area contributed by atoms with Gasteiger partial charge in [-0.3, -0.25) is 4.79 Å². The number of aliphatic carboxylic acids is 1. The van der Waals surface area contributed by atoms with Gasteiger partial charge in [0.25, 0.3) is 5.91 Å². The van der Waals surface area contributed by atoms with Gasteiger partial charge >= 0.3 is 5.97 Å². The van der Waals surface area contributed by atoms with Crippen LogP contribution in [0.2, 0.25) is 5.02 Å². The number of carboxylic acid groups (broad SMARTS) is 1. The molecule has 0 saturated carbocycles. The van der Waals surface area contributed by atoms with E-state index in [1.165, 1.54) is 4.90 Å². The van der Waals surface area contributed by atoms with Gasteiger partial charge in [0, 0.05) is 16.0 Å². The summed E-state index contributed by atoms with van der Waals surface area (Å²) in [5.41, 5.74) is 0.442. The maximum atomic E-state index is 12.4. The van der Waals surface area contributed by atoms with Crippen molar-refractivity contribution in [3.8, 4) is 0 Å². The van der Waals surface area contributed by atoms with Crippen LogP contribution in [0.4, 0.5) is 0 Å². The molecule has 1 aromatic rings. The fourth-order valence-corrected chi connectivity index (χ4v) is 3.10. The van der Waals surface area contributed by atoms with Gasteiger partial charge in [-0.2, -0.15) is 0 Å². The molecule has 1 atom stereocenters. The van der Waals surface area contributed by atoms with Gasteiger partial charge in [-0.05, 0) is 53.4 Å². The molecule has 4 nitrogen and oxygen atoms in total. The zero-order valence-electron chi connectivity index (χ0n) is 10.1. The van der Waals surface area contributed by atoms with Crippen molar-refractivity contribution >= 4 is 39.4 Å². The lowest BCUT2D eigenvalue weighted by atomic mass is 10.0. The maximum absolute atomic E-state index is 12.4. The third kappa shape index (κ3) is 3.09. The Morgan fingerprint density at radius 2 is 2.11 bits per heavy atom. The van der Waals surface area contributed by atoms with Crippen LogP contribution >= 0.6 is 27.5 Å². The number of carbonyl (C=O) groups is 2. The molecule has 1 aliphatic rings. The van der Waals surface area contributed by atoms with Gasteiger partial charge in [0.1, 0.15) is 6.04 Å². The highest BCUT2D eigenvalue weighted by Crippen LogP contribution is 2.26. The van der Waals surface area contributed by atoms with E-state index in [2.05, 4.69) is 15.9 Å². The van der Waals surface area contributed by atoms with E-state index in [1.807, 2.05) is 0 Å². The quantitative estimate of drug-likeness (QED) is 0.895. The van der Waals surface area contributed by atoms with Gasteiger partial charge in [0.2, 0.25) is 0 Å². The summed E-state index contributed by atoms with van der Waals surface area (Å²) < 4.78 is 0.583. The molecule has 0 radical (unpaired) electrons. The zero-order chi connectivity index (χ0) is 14.0. The third-order valence-electron chi connectivity index (χ3n) is 3.21. The number of amides is 1. The van der Waals surface area contributed by atoms with Crippen molar-refractivity contribution in [2.24, 2.45) is 0 Å². The molecule has 19 heavy (non-hydrogen) atoms. The van der Waals surface area contributed by atoms with Crippen molar-refractivity contribution < 1.29 is 14.7 Å². The summed E-state index contributed by atoms with van der Waals surface area (Å²) >= 11 is 9.13. The molecular weight excluding hydrogens is 334 g/mol. The van der Waals surface area contributed by atoms with Crippen LogP contribution < -0.4 is 0 Å². The molecule has 1 aliphatic heterocycles. The second-order valence-corrected chi connectivity index (χ2v) is 5.76. The summed E-state index contributed by atoms with van der Waals surface area (Å²) in [5, 5.41) is 9.72. The Labute approximate surface area is 124 Å². The number of hydrogen-bond acceptors (Lipinski definition) is 2. The smallest absolute Gasteiger partial charge is 0.326 e. The van der Waals surface area contributed by atoms with Crippen molar-refractivity contribution in [1.29, 1.82) is 0 Å². The maximum Gasteiger partial charge on any atom is 0.326 e. The van der Waals surface area contributed by atoms with E-state index in [0.29, 0.717) is 28.0 Å². The highest BCUT2D eigenvalue weighted by atomic mass is 79.9. The molecular formula is C13H13BrClNO3. The van der Waals surface area contributed by atoms with E-state index in [-0.39, 0.29) is 5.91 Å². The van der Waals surface area contributed by atoms with Crippen LogP contribution in [0.15, 0.2) is 22.7 Å². The van der Waals surface area contributed by atoms with Crippen LogP contribution in [0.3, 0.4) is 0 Å². The van der Waals surface area contributed by atoms with Crippen LogP contribution in [0.1, 0.15) is 29.6 Å². The number of nitrogens with zero attached hydrogens (tertiary/aromatic N) is 1. The summed E-state index contributed by atoms with van der Waals surface area (Å²) in [6.07, 6.45) is 2.18. The second kappa shape index (κ2) is 5.92. The van der Waals surface area contributed by atoms with E-state index in [1.54, 1.807) is 18.2 Å². The third-order valence-corrected chi connectivity index (χ3v) is 4.10.